The topological polar surface area (TPSA) is 47.6 Å². The van der Waals surface area contributed by atoms with Crippen LogP contribution in [0.4, 0.5) is 0 Å². The van der Waals surface area contributed by atoms with Gasteiger partial charge in [-0.25, -0.2) is 0 Å². The Morgan fingerprint density at radius 3 is 2.41 bits per heavy atom. The van der Waals surface area contributed by atoms with Crippen molar-refractivity contribution >= 4 is 17.5 Å². The minimum Gasteiger partial charge on any atom is -0.496 e. The summed E-state index contributed by atoms with van der Waals surface area (Å²) in [6.45, 7) is 1.90. The Kier molecular flexibility index (Phi) is 5.28. The van der Waals surface area contributed by atoms with Gasteiger partial charge in [0.05, 0.1) is 25.3 Å². The molecule has 22 heavy (non-hydrogen) atoms. The third-order valence-electron chi connectivity index (χ3n) is 3.37. The van der Waals surface area contributed by atoms with Gasteiger partial charge in [-0.05, 0) is 31.2 Å². The van der Waals surface area contributed by atoms with Crippen LogP contribution < -0.4 is 14.8 Å². The summed E-state index contributed by atoms with van der Waals surface area (Å²) in [6, 6.07) is 12.3. The molecule has 5 heteroatoms. The first kappa shape index (κ1) is 16.2. The van der Waals surface area contributed by atoms with Crippen molar-refractivity contribution in [2.75, 3.05) is 14.2 Å². The van der Waals surface area contributed by atoms with Gasteiger partial charge in [0, 0.05) is 11.1 Å². The predicted molar refractivity (Wildman–Crippen MR) is 86.9 cm³/mol. The summed E-state index contributed by atoms with van der Waals surface area (Å²) in [5.74, 6) is 1.07. The van der Waals surface area contributed by atoms with Gasteiger partial charge in [0.15, 0.2) is 0 Å². The molecule has 4 nitrogen and oxygen atoms in total. The van der Waals surface area contributed by atoms with Gasteiger partial charge in [0.2, 0.25) is 0 Å². The first-order valence-electron chi connectivity index (χ1n) is 6.84. The fourth-order valence-electron chi connectivity index (χ4n) is 2.19. The van der Waals surface area contributed by atoms with Crippen LogP contribution in [-0.2, 0) is 0 Å². The summed E-state index contributed by atoms with van der Waals surface area (Å²) in [5, 5.41) is 3.34. The fraction of sp³-hybridized carbons (Fsp3) is 0.235. The summed E-state index contributed by atoms with van der Waals surface area (Å²) in [4.78, 5) is 12.3. The van der Waals surface area contributed by atoms with E-state index >= 15 is 0 Å². The second-order valence-electron chi connectivity index (χ2n) is 4.79. The van der Waals surface area contributed by atoms with Crippen molar-refractivity contribution in [3.63, 3.8) is 0 Å². The predicted octanol–water partition coefficient (Wildman–Crippen LogP) is 3.85. The Balaban J connectivity index is 2.16. The molecule has 0 aliphatic heterocycles. The molecule has 116 valence electrons. The lowest BCUT2D eigenvalue weighted by Gasteiger charge is -2.17. The van der Waals surface area contributed by atoms with Crippen molar-refractivity contribution in [1.29, 1.82) is 0 Å². The van der Waals surface area contributed by atoms with Crippen LogP contribution in [0.5, 0.6) is 11.5 Å². The molecule has 0 aliphatic carbocycles. The van der Waals surface area contributed by atoms with Gasteiger partial charge in [-0.2, -0.15) is 0 Å². The zero-order chi connectivity index (χ0) is 16.1. The van der Waals surface area contributed by atoms with E-state index in [0.29, 0.717) is 16.3 Å². The molecule has 0 spiro atoms. The normalized spacial score (nSPS) is 11.6. The number of halogens is 1. The van der Waals surface area contributed by atoms with E-state index < -0.39 is 0 Å². The van der Waals surface area contributed by atoms with Crippen LogP contribution in [0.3, 0.4) is 0 Å². The van der Waals surface area contributed by atoms with Gasteiger partial charge < -0.3 is 14.8 Å². The average molecular weight is 320 g/mol. The van der Waals surface area contributed by atoms with Gasteiger partial charge in [0.1, 0.15) is 11.5 Å². The van der Waals surface area contributed by atoms with Crippen LogP contribution in [0, 0.1) is 0 Å². The Labute approximate surface area is 135 Å². The van der Waals surface area contributed by atoms with Crippen LogP contribution in [0.1, 0.15) is 28.9 Å². The largest absolute Gasteiger partial charge is 0.496 e. The lowest BCUT2D eigenvalue weighted by Crippen LogP contribution is -2.26. The smallest absolute Gasteiger partial charge is 0.251 e. The fourth-order valence-corrected chi connectivity index (χ4v) is 2.45. The molecule has 0 saturated heterocycles. The number of benzene rings is 2. The first-order chi connectivity index (χ1) is 10.6. The van der Waals surface area contributed by atoms with Crippen molar-refractivity contribution in [2.45, 2.75) is 13.0 Å². The van der Waals surface area contributed by atoms with Crippen LogP contribution >= 0.6 is 11.6 Å². The molecule has 0 heterocycles. The van der Waals surface area contributed by atoms with Crippen molar-refractivity contribution in [1.82, 2.24) is 5.32 Å². The summed E-state index contributed by atoms with van der Waals surface area (Å²) >= 11 is 6.05. The van der Waals surface area contributed by atoms with E-state index in [4.69, 9.17) is 21.1 Å². The molecule has 0 fully saturated rings. The van der Waals surface area contributed by atoms with Crippen molar-refractivity contribution in [3.8, 4) is 11.5 Å². The van der Waals surface area contributed by atoms with Crippen molar-refractivity contribution in [3.05, 3.63) is 58.6 Å². The van der Waals surface area contributed by atoms with Crippen LogP contribution in [0.25, 0.3) is 0 Å². The number of nitrogens with one attached hydrogen (secondary N) is 1. The summed E-state index contributed by atoms with van der Waals surface area (Å²) in [7, 11) is 3.14. The van der Waals surface area contributed by atoms with Crippen LogP contribution in [-0.4, -0.2) is 20.1 Å². The maximum absolute atomic E-state index is 12.3. The number of carbonyl (C=O) groups is 1. The Morgan fingerprint density at radius 1 is 1.09 bits per heavy atom. The van der Waals surface area contributed by atoms with Crippen molar-refractivity contribution in [2.24, 2.45) is 0 Å². The Hall–Kier alpha value is -2.20. The SMILES string of the molecule is COc1ccc(C(=O)NC(C)c2ccccc2OC)cc1Cl. The Bertz CT molecular complexity index is 673. The lowest BCUT2D eigenvalue weighted by atomic mass is 10.1. The molecule has 2 aromatic carbocycles. The second-order valence-corrected chi connectivity index (χ2v) is 5.19. The minimum absolute atomic E-state index is 0.190. The average Bonchev–Trinajstić information content (AvgIpc) is 2.54. The summed E-state index contributed by atoms with van der Waals surface area (Å²) in [6.07, 6.45) is 0. The molecule has 0 aliphatic rings. The highest BCUT2D eigenvalue weighted by Gasteiger charge is 2.15. The number of rotatable bonds is 5. The second kappa shape index (κ2) is 7.18. The van der Waals surface area contributed by atoms with Crippen LogP contribution in [0.15, 0.2) is 42.5 Å². The molecule has 0 aromatic heterocycles. The molecule has 1 unspecified atom stereocenters. The molecule has 2 aromatic rings. The van der Waals surface area contributed by atoms with E-state index in [0.717, 1.165) is 11.3 Å². The number of methoxy groups -OCH3 is 2. The monoisotopic (exact) mass is 319 g/mol. The van der Waals surface area contributed by atoms with Crippen LogP contribution in [0.2, 0.25) is 5.02 Å². The zero-order valence-electron chi connectivity index (χ0n) is 12.7. The third-order valence-corrected chi connectivity index (χ3v) is 3.66. The number of para-hydroxylation sites is 1. The van der Waals surface area contributed by atoms with Gasteiger partial charge in [-0.1, -0.05) is 29.8 Å². The lowest BCUT2D eigenvalue weighted by molar-refractivity contribution is 0.0939. The zero-order valence-corrected chi connectivity index (χ0v) is 13.5. The summed E-state index contributed by atoms with van der Waals surface area (Å²) in [5.41, 5.74) is 1.39. The number of amides is 1. The quantitative estimate of drug-likeness (QED) is 0.910. The Morgan fingerprint density at radius 2 is 1.77 bits per heavy atom. The van der Waals surface area contributed by atoms with Gasteiger partial charge in [-0.15, -0.1) is 0 Å². The molecule has 0 radical (unpaired) electrons. The number of hydrogen-bond acceptors (Lipinski definition) is 3. The highest BCUT2D eigenvalue weighted by molar-refractivity contribution is 6.32. The standard InChI is InChI=1S/C17H18ClNO3/c1-11(13-6-4-5-7-15(13)21-2)19-17(20)12-8-9-16(22-3)14(18)10-12/h4-11H,1-3H3,(H,19,20). The molecular weight excluding hydrogens is 302 g/mol. The van der Waals surface area contributed by atoms with E-state index in [1.54, 1.807) is 25.3 Å². The maximum Gasteiger partial charge on any atom is 0.251 e. The molecular formula is C17H18ClNO3. The van der Waals surface area contributed by atoms with Gasteiger partial charge in [0.25, 0.3) is 5.91 Å². The summed E-state index contributed by atoms with van der Waals surface area (Å²) < 4.78 is 10.4. The number of ether oxygens (including phenoxy) is 2. The van der Waals surface area contributed by atoms with E-state index in [-0.39, 0.29) is 11.9 Å². The van der Waals surface area contributed by atoms with E-state index in [2.05, 4.69) is 5.32 Å². The highest BCUT2D eigenvalue weighted by Crippen LogP contribution is 2.27. The third kappa shape index (κ3) is 3.52. The first-order valence-corrected chi connectivity index (χ1v) is 7.22. The molecule has 0 bridgehead atoms. The molecule has 1 N–H and O–H groups in total. The molecule has 1 amide bonds. The van der Waals surface area contributed by atoms with Gasteiger partial charge in [-0.3, -0.25) is 4.79 Å². The molecule has 2 rings (SSSR count). The highest BCUT2D eigenvalue weighted by atomic mass is 35.5. The van der Waals surface area contributed by atoms with Gasteiger partial charge >= 0.3 is 0 Å². The van der Waals surface area contributed by atoms with Crippen molar-refractivity contribution < 1.29 is 14.3 Å². The van der Waals surface area contributed by atoms with E-state index in [9.17, 15) is 4.79 Å². The van der Waals surface area contributed by atoms with E-state index in [1.807, 2.05) is 31.2 Å². The molecule has 1 atom stereocenters. The van der Waals surface area contributed by atoms with E-state index in [1.165, 1.54) is 7.11 Å². The number of carbonyl (C=O) groups excluding carboxylic acids is 1. The molecule has 0 saturated carbocycles. The number of hydrogen-bond donors (Lipinski definition) is 1. The maximum atomic E-state index is 12.3. The minimum atomic E-state index is -0.206.